The summed E-state index contributed by atoms with van der Waals surface area (Å²) in [6.07, 6.45) is 3.30. The van der Waals surface area contributed by atoms with Crippen molar-refractivity contribution in [1.29, 1.82) is 0 Å². The van der Waals surface area contributed by atoms with Crippen molar-refractivity contribution in [3.05, 3.63) is 23.3 Å². The Morgan fingerprint density at radius 1 is 1.31 bits per heavy atom. The number of rotatable bonds is 1. The third-order valence-corrected chi connectivity index (χ3v) is 2.49. The van der Waals surface area contributed by atoms with Crippen molar-refractivity contribution in [3.8, 4) is 16.7 Å². The molecule has 4 nitrogen and oxygen atoms in total. The molecule has 0 saturated heterocycles. The second-order valence-electron chi connectivity index (χ2n) is 2.47. The summed E-state index contributed by atoms with van der Waals surface area (Å²) in [6.45, 7) is 1.80. The van der Waals surface area contributed by atoms with Crippen LogP contribution in [-0.4, -0.2) is 20.1 Å². The van der Waals surface area contributed by atoms with Gasteiger partial charge >= 0.3 is 0 Å². The lowest BCUT2D eigenvalue weighted by molar-refractivity contribution is 0.454. The first kappa shape index (κ1) is 8.12. The number of nitrogens with zero attached hydrogens (tertiary/aromatic N) is 3. The van der Waals surface area contributed by atoms with Gasteiger partial charge in [-0.3, -0.25) is 0 Å². The zero-order valence-corrected chi connectivity index (χ0v) is 7.75. The number of thiazole rings is 1. The summed E-state index contributed by atoms with van der Waals surface area (Å²) in [6, 6.07) is 1.74. The van der Waals surface area contributed by atoms with Crippen molar-refractivity contribution in [3.63, 3.8) is 0 Å². The average molecular weight is 193 g/mol. The van der Waals surface area contributed by atoms with Gasteiger partial charge < -0.3 is 5.11 Å². The first-order valence-corrected chi connectivity index (χ1v) is 4.53. The van der Waals surface area contributed by atoms with Crippen LogP contribution in [0.3, 0.4) is 0 Å². The molecule has 0 bridgehead atoms. The molecule has 2 aromatic heterocycles. The minimum atomic E-state index is 0.0625. The van der Waals surface area contributed by atoms with Crippen LogP contribution in [0.5, 0.6) is 5.88 Å². The van der Waals surface area contributed by atoms with Gasteiger partial charge in [-0.2, -0.15) is 4.98 Å². The highest BCUT2D eigenvalue weighted by atomic mass is 32.1. The van der Waals surface area contributed by atoms with Crippen molar-refractivity contribution in [1.82, 2.24) is 15.0 Å². The highest BCUT2D eigenvalue weighted by molar-refractivity contribution is 7.15. The first-order valence-electron chi connectivity index (χ1n) is 3.71. The summed E-state index contributed by atoms with van der Waals surface area (Å²) in [5.74, 6) is 0.614. The Kier molecular flexibility index (Phi) is 1.94. The number of aryl methyl sites for hydroxylation is 1. The minimum absolute atomic E-state index is 0.0625. The first-order chi connectivity index (χ1) is 6.27. The third-order valence-electron chi connectivity index (χ3n) is 1.53. The minimum Gasteiger partial charge on any atom is -0.492 e. The molecule has 0 spiro atoms. The van der Waals surface area contributed by atoms with Crippen molar-refractivity contribution < 1.29 is 5.11 Å². The number of aromatic hydroxyl groups is 1. The molecule has 2 aromatic rings. The van der Waals surface area contributed by atoms with Crippen LogP contribution in [0.1, 0.15) is 4.88 Å². The van der Waals surface area contributed by atoms with E-state index in [0.29, 0.717) is 10.8 Å². The van der Waals surface area contributed by atoms with Crippen LogP contribution < -0.4 is 0 Å². The molecule has 5 heteroatoms. The standard InChI is InChI=1S/C8H7N3OS/c1-5-7(12)11-8(13-5)6-9-3-2-4-10-6/h2-4,12H,1H3. The summed E-state index contributed by atoms with van der Waals surface area (Å²) in [7, 11) is 0. The molecule has 0 amide bonds. The Balaban J connectivity index is 2.48. The van der Waals surface area contributed by atoms with E-state index in [0.717, 1.165) is 4.88 Å². The summed E-state index contributed by atoms with van der Waals surface area (Å²) >= 11 is 1.38. The van der Waals surface area contributed by atoms with E-state index in [2.05, 4.69) is 15.0 Å². The predicted octanol–water partition coefficient (Wildman–Crippen LogP) is 1.61. The molecular weight excluding hydrogens is 186 g/mol. The SMILES string of the molecule is Cc1sc(-c2ncccn2)nc1O. The zero-order valence-electron chi connectivity index (χ0n) is 6.93. The van der Waals surface area contributed by atoms with Crippen LogP contribution in [0.25, 0.3) is 10.8 Å². The van der Waals surface area contributed by atoms with E-state index in [1.807, 2.05) is 0 Å². The van der Waals surface area contributed by atoms with E-state index in [4.69, 9.17) is 0 Å². The van der Waals surface area contributed by atoms with Crippen LogP contribution in [-0.2, 0) is 0 Å². The largest absolute Gasteiger partial charge is 0.492 e. The van der Waals surface area contributed by atoms with E-state index in [1.54, 1.807) is 25.4 Å². The second kappa shape index (κ2) is 3.10. The second-order valence-corrected chi connectivity index (χ2v) is 3.67. The lowest BCUT2D eigenvalue weighted by Crippen LogP contribution is -1.84. The molecular formula is C8H7N3OS. The quantitative estimate of drug-likeness (QED) is 0.747. The molecule has 0 fully saturated rings. The summed E-state index contributed by atoms with van der Waals surface area (Å²) < 4.78 is 0. The topological polar surface area (TPSA) is 58.9 Å². The van der Waals surface area contributed by atoms with Crippen molar-refractivity contribution in [2.45, 2.75) is 6.92 Å². The van der Waals surface area contributed by atoms with E-state index in [1.165, 1.54) is 11.3 Å². The van der Waals surface area contributed by atoms with Crippen LogP contribution in [0.2, 0.25) is 0 Å². The molecule has 1 N–H and O–H groups in total. The Morgan fingerprint density at radius 3 is 2.54 bits per heavy atom. The molecule has 0 atom stereocenters. The molecule has 13 heavy (non-hydrogen) atoms. The monoisotopic (exact) mass is 193 g/mol. The smallest absolute Gasteiger partial charge is 0.225 e. The summed E-state index contributed by atoms with van der Waals surface area (Å²) in [5, 5.41) is 9.89. The van der Waals surface area contributed by atoms with Crippen LogP contribution in [0.4, 0.5) is 0 Å². The van der Waals surface area contributed by atoms with Gasteiger partial charge in [-0.25, -0.2) is 9.97 Å². The molecule has 2 heterocycles. The molecule has 0 aliphatic heterocycles. The fourth-order valence-corrected chi connectivity index (χ4v) is 1.65. The molecule has 2 rings (SSSR count). The van der Waals surface area contributed by atoms with Gasteiger partial charge in [-0.15, -0.1) is 11.3 Å². The van der Waals surface area contributed by atoms with Gasteiger partial charge in [-0.05, 0) is 13.0 Å². The molecule has 0 aliphatic rings. The van der Waals surface area contributed by atoms with Crippen molar-refractivity contribution in [2.75, 3.05) is 0 Å². The Hall–Kier alpha value is -1.49. The van der Waals surface area contributed by atoms with Gasteiger partial charge in [0, 0.05) is 12.4 Å². The van der Waals surface area contributed by atoms with E-state index in [9.17, 15) is 5.11 Å². The lowest BCUT2D eigenvalue weighted by Gasteiger charge is -1.89. The van der Waals surface area contributed by atoms with E-state index >= 15 is 0 Å². The van der Waals surface area contributed by atoms with Gasteiger partial charge in [0.15, 0.2) is 10.8 Å². The molecule has 0 aliphatic carbocycles. The van der Waals surface area contributed by atoms with Gasteiger partial charge in [-0.1, -0.05) is 0 Å². The van der Waals surface area contributed by atoms with Gasteiger partial charge in [0.05, 0.1) is 4.88 Å². The fourth-order valence-electron chi connectivity index (χ4n) is 0.894. The maximum atomic E-state index is 9.25. The Bertz CT molecular complexity index is 393. The third kappa shape index (κ3) is 1.50. The maximum Gasteiger partial charge on any atom is 0.225 e. The van der Waals surface area contributed by atoms with E-state index in [-0.39, 0.29) is 5.88 Å². The number of aromatic nitrogens is 3. The molecule has 0 aromatic carbocycles. The normalized spacial score (nSPS) is 10.2. The predicted molar refractivity (Wildman–Crippen MR) is 49.5 cm³/mol. The molecule has 0 unspecified atom stereocenters. The molecule has 66 valence electrons. The van der Waals surface area contributed by atoms with Gasteiger partial charge in [0.1, 0.15) is 0 Å². The highest BCUT2D eigenvalue weighted by Crippen LogP contribution is 2.28. The van der Waals surface area contributed by atoms with Crippen LogP contribution in [0, 0.1) is 6.92 Å². The van der Waals surface area contributed by atoms with E-state index < -0.39 is 0 Å². The maximum absolute atomic E-state index is 9.25. The van der Waals surface area contributed by atoms with Crippen LogP contribution >= 0.6 is 11.3 Å². The van der Waals surface area contributed by atoms with Gasteiger partial charge in [0.25, 0.3) is 0 Å². The average Bonchev–Trinajstić information content (AvgIpc) is 2.49. The number of hydrogen-bond donors (Lipinski definition) is 1. The lowest BCUT2D eigenvalue weighted by atomic mass is 10.5. The summed E-state index contributed by atoms with van der Waals surface area (Å²) in [5.41, 5.74) is 0. The fraction of sp³-hybridized carbons (Fsp3) is 0.125. The zero-order chi connectivity index (χ0) is 9.26. The van der Waals surface area contributed by atoms with Crippen molar-refractivity contribution in [2.24, 2.45) is 0 Å². The van der Waals surface area contributed by atoms with Crippen molar-refractivity contribution >= 4 is 11.3 Å². The van der Waals surface area contributed by atoms with Crippen LogP contribution in [0.15, 0.2) is 18.5 Å². The summed E-state index contributed by atoms with van der Waals surface area (Å²) in [4.78, 5) is 12.8. The molecule has 0 saturated carbocycles. The van der Waals surface area contributed by atoms with Gasteiger partial charge in [0.2, 0.25) is 5.88 Å². The Labute approximate surface area is 78.9 Å². The highest BCUT2D eigenvalue weighted by Gasteiger charge is 2.09. The number of hydrogen-bond acceptors (Lipinski definition) is 5. The Morgan fingerprint density at radius 2 is 2.00 bits per heavy atom. The molecule has 0 radical (unpaired) electrons.